The molecule has 1 aliphatic heterocycles. The van der Waals surface area contributed by atoms with E-state index in [0.29, 0.717) is 5.69 Å². The van der Waals surface area contributed by atoms with Gasteiger partial charge in [-0.2, -0.15) is 0 Å². The first kappa shape index (κ1) is 12.2. The molecule has 0 bridgehead atoms. The van der Waals surface area contributed by atoms with Crippen LogP contribution in [0, 0.1) is 0 Å². The van der Waals surface area contributed by atoms with Gasteiger partial charge in [-0.1, -0.05) is 11.3 Å². The largest absolute Gasteiger partial charge is 0.354 e. The zero-order chi connectivity index (χ0) is 13.2. The van der Waals surface area contributed by atoms with E-state index in [1.165, 1.54) is 24.2 Å². The summed E-state index contributed by atoms with van der Waals surface area (Å²) in [4.78, 5) is 14.0. The van der Waals surface area contributed by atoms with Crippen LogP contribution >= 0.6 is 11.3 Å². The third-order valence-corrected chi connectivity index (χ3v) is 4.18. The lowest BCUT2D eigenvalue weighted by atomic mass is 10.4. The summed E-state index contributed by atoms with van der Waals surface area (Å²) in [7, 11) is 1.62. The molecular formula is C12H15N5OS. The van der Waals surface area contributed by atoms with Crippen molar-refractivity contribution in [3.8, 4) is 5.13 Å². The van der Waals surface area contributed by atoms with Gasteiger partial charge >= 0.3 is 0 Å². The molecule has 2 aromatic heterocycles. The van der Waals surface area contributed by atoms with Crippen molar-refractivity contribution >= 4 is 22.4 Å². The minimum atomic E-state index is -0.122. The van der Waals surface area contributed by atoms with Crippen LogP contribution in [-0.4, -0.2) is 40.8 Å². The maximum absolute atomic E-state index is 11.7. The second kappa shape index (κ2) is 5.00. The number of aromatic nitrogens is 3. The van der Waals surface area contributed by atoms with Gasteiger partial charge in [0.1, 0.15) is 5.69 Å². The number of hydrogen-bond donors (Lipinski definition) is 1. The Balaban J connectivity index is 1.90. The molecule has 0 aromatic carbocycles. The molecule has 19 heavy (non-hydrogen) atoms. The number of carbonyl (C=O) groups is 1. The van der Waals surface area contributed by atoms with E-state index in [-0.39, 0.29) is 5.91 Å². The number of rotatable bonds is 3. The van der Waals surface area contributed by atoms with Crippen molar-refractivity contribution in [2.45, 2.75) is 12.8 Å². The highest BCUT2D eigenvalue weighted by molar-refractivity contribution is 7.17. The lowest BCUT2D eigenvalue weighted by Gasteiger charge is -2.11. The van der Waals surface area contributed by atoms with Gasteiger partial charge in [0.2, 0.25) is 10.3 Å². The van der Waals surface area contributed by atoms with E-state index in [4.69, 9.17) is 0 Å². The van der Waals surface area contributed by atoms with Crippen LogP contribution in [0.1, 0.15) is 23.3 Å². The van der Waals surface area contributed by atoms with E-state index in [2.05, 4.69) is 20.4 Å². The van der Waals surface area contributed by atoms with Gasteiger partial charge in [-0.15, -0.1) is 10.2 Å². The topological polar surface area (TPSA) is 63.1 Å². The van der Waals surface area contributed by atoms with Crippen LogP contribution in [0.15, 0.2) is 18.3 Å². The molecule has 0 aliphatic carbocycles. The Labute approximate surface area is 115 Å². The monoisotopic (exact) mass is 277 g/mol. The Hall–Kier alpha value is -1.89. The second-order valence-corrected chi connectivity index (χ2v) is 5.34. The Bertz CT molecular complexity index is 584. The number of amides is 1. The molecule has 0 saturated carbocycles. The fourth-order valence-corrected chi connectivity index (χ4v) is 3.10. The smallest absolute Gasteiger partial charge is 0.268 e. The third-order valence-electron chi connectivity index (χ3n) is 3.19. The Morgan fingerprint density at radius 1 is 1.32 bits per heavy atom. The Morgan fingerprint density at radius 3 is 2.79 bits per heavy atom. The summed E-state index contributed by atoms with van der Waals surface area (Å²) >= 11 is 1.52. The Kier molecular flexibility index (Phi) is 3.20. The summed E-state index contributed by atoms with van der Waals surface area (Å²) in [6.07, 6.45) is 4.25. The first-order valence-corrected chi connectivity index (χ1v) is 7.09. The summed E-state index contributed by atoms with van der Waals surface area (Å²) in [6, 6.07) is 3.61. The average Bonchev–Trinajstić information content (AvgIpc) is 3.14. The highest BCUT2D eigenvalue weighted by Gasteiger charge is 2.19. The summed E-state index contributed by atoms with van der Waals surface area (Å²) in [5.74, 6) is -0.122. The van der Waals surface area contributed by atoms with Gasteiger partial charge in [-0.05, 0) is 25.0 Å². The summed E-state index contributed by atoms with van der Waals surface area (Å²) < 4.78 is 1.77. The average molecular weight is 277 g/mol. The normalized spacial score (nSPS) is 14.9. The minimum Gasteiger partial charge on any atom is -0.354 e. The molecular weight excluding hydrogens is 262 g/mol. The van der Waals surface area contributed by atoms with Crippen LogP contribution in [0.2, 0.25) is 0 Å². The van der Waals surface area contributed by atoms with Crippen molar-refractivity contribution in [3.05, 3.63) is 24.0 Å². The van der Waals surface area contributed by atoms with Crippen LogP contribution in [-0.2, 0) is 0 Å². The van der Waals surface area contributed by atoms with Crippen LogP contribution in [0.5, 0.6) is 0 Å². The van der Waals surface area contributed by atoms with Crippen molar-refractivity contribution in [2.24, 2.45) is 0 Å². The molecule has 1 amide bonds. The van der Waals surface area contributed by atoms with Crippen molar-refractivity contribution < 1.29 is 4.79 Å². The van der Waals surface area contributed by atoms with Gasteiger partial charge in [0, 0.05) is 26.3 Å². The molecule has 0 atom stereocenters. The van der Waals surface area contributed by atoms with Gasteiger partial charge in [0.25, 0.3) is 5.91 Å². The number of nitrogens with zero attached hydrogens (tertiary/aromatic N) is 4. The van der Waals surface area contributed by atoms with Gasteiger partial charge in [-0.3, -0.25) is 9.36 Å². The molecule has 0 radical (unpaired) electrons. The predicted octanol–water partition coefficient (Wildman–Crippen LogP) is 1.29. The van der Waals surface area contributed by atoms with E-state index in [1.54, 1.807) is 17.7 Å². The molecule has 1 aliphatic rings. The summed E-state index contributed by atoms with van der Waals surface area (Å²) in [5.41, 5.74) is 0.576. The van der Waals surface area contributed by atoms with E-state index in [9.17, 15) is 4.79 Å². The van der Waals surface area contributed by atoms with Gasteiger partial charge < -0.3 is 10.2 Å². The van der Waals surface area contributed by atoms with Gasteiger partial charge in [0.05, 0.1) is 0 Å². The lowest BCUT2D eigenvalue weighted by molar-refractivity contribution is 0.0956. The van der Waals surface area contributed by atoms with Crippen LogP contribution < -0.4 is 10.2 Å². The van der Waals surface area contributed by atoms with Crippen molar-refractivity contribution in [2.75, 3.05) is 25.0 Å². The zero-order valence-corrected chi connectivity index (χ0v) is 11.5. The fraction of sp³-hybridized carbons (Fsp3) is 0.417. The molecule has 0 unspecified atom stereocenters. The predicted molar refractivity (Wildman–Crippen MR) is 74.1 cm³/mol. The van der Waals surface area contributed by atoms with Crippen LogP contribution in [0.4, 0.5) is 5.13 Å². The van der Waals surface area contributed by atoms with E-state index >= 15 is 0 Å². The standard InChI is InChI=1S/C12H15N5OS/c1-13-10(18)9-5-4-8-17(9)12-15-14-11(19-12)16-6-2-3-7-16/h4-5,8H,2-3,6-7H2,1H3,(H,13,18). The van der Waals surface area contributed by atoms with Crippen molar-refractivity contribution in [3.63, 3.8) is 0 Å². The number of hydrogen-bond acceptors (Lipinski definition) is 5. The summed E-state index contributed by atoms with van der Waals surface area (Å²) in [6.45, 7) is 2.09. The molecule has 1 saturated heterocycles. The number of anilines is 1. The van der Waals surface area contributed by atoms with Crippen LogP contribution in [0.25, 0.3) is 5.13 Å². The van der Waals surface area contributed by atoms with Crippen molar-refractivity contribution in [1.29, 1.82) is 0 Å². The third kappa shape index (κ3) is 2.21. The minimum absolute atomic E-state index is 0.122. The van der Waals surface area contributed by atoms with E-state index in [1.807, 2.05) is 12.3 Å². The first-order chi connectivity index (χ1) is 9.29. The fourth-order valence-electron chi connectivity index (χ4n) is 2.20. The number of carbonyl (C=O) groups excluding carboxylic acids is 1. The zero-order valence-electron chi connectivity index (χ0n) is 10.7. The molecule has 1 N–H and O–H groups in total. The Morgan fingerprint density at radius 2 is 2.05 bits per heavy atom. The molecule has 6 nitrogen and oxygen atoms in total. The molecule has 3 rings (SSSR count). The van der Waals surface area contributed by atoms with Gasteiger partial charge in [-0.25, -0.2) is 0 Å². The molecule has 2 aromatic rings. The molecule has 100 valence electrons. The SMILES string of the molecule is CNC(=O)c1cccn1-c1nnc(N2CCCC2)s1. The maximum Gasteiger partial charge on any atom is 0.268 e. The highest BCUT2D eigenvalue weighted by Crippen LogP contribution is 2.26. The van der Waals surface area contributed by atoms with Gasteiger partial charge in [0.15, 0.2) is 0 Å². The molecule has 0 spiro atoms. The van der Waals surface area contributed by atoms with Crippen LogP contribution in [0.3, 0.4) is 0 Å². The second-order valence-electron chi connectivity index (χ2n) is 4.40. The maximum atomic E-state index is 11.7. The highest BCUT2D eigenvalue weighted by atomic mass is 32.1. The molecule has 3 heterocycles. The first-order valence-electron chi connectivity index (χ1n) is 6.28. The van der Waals surface area contributed by atoms with Crippen molar-refractivity contribution in [1.82, 2.24) is 20.1 Å². The number of nitrogens with one attached hydrogen (secondary N) is 1. The summed E-state index contributed by atoms with van der Waals surface area (Å²) in [5, 5.41) is 12.7. The lowest BCUT2D eigenvalue weighted by Crippen LogP contribution is -2.20. The molecule has 1 fully saturated rings. The van der Waals surface area contributed by atoms with E-state index < -0.39 is 0 Å². The molecule has 7 heteroatoms. The quantitative estimate of drug-likeness (QED) is 0.918. The van der Waals surface area contributed by atoms with E-state index in [0.717, 1.165) is 23.4 Å².